The van der Waals surface area contributed by atoms with Crippen molar-refractivity contribution in [2.45, 2.75) is 62.4 Å². The molecule has 0 bridgehead atoms. The van der Waals surface area contributed by atoms with Crippen molar-refractivity contribution in [2.75, 3.05) is 33.7 Å². The molecule has 2 aromatic rings. The average molecular weight is 501 g/mol. The minimum absolute atomic E-state index is 0.00777. The zero-order valence-corrected chi connectivity index (χ0v) is 21.9. The number of benzene rings is 1. The van der Waals surface area contributed by atoms with E-state index < -0.39 is 0 Å². The third kappa shape index (κ3) is 4.85. The molecule has 1 aromatic heterocycles. The SMILES string of the molecule is CN(C)C1(c2ccccc2)CCC2(CC1)CN(CC(=O)Cc1cnc(C#N)nc1)C(=O)N2CC1CCC1. The van der Waals surface area contributed by atoms with E-state index in [4.69, 9.17) is 5.26 Å². The highest BCUT2D eigenvalue weighted by atomic mass is 16.2. The fourth-order valence-corrected chi connectivity index (χ4v) is 6.51. The van der Waals surface area contributed by atoms with Gasteiger partial charge in [0, 0.05) is 37.4 Å². The van der Waals surface area contributed by atoms with E-state index in [1.807, 2.05) is 6.07 Å². The molecule has 5 rings (SSSR count). The number of nitriles is 1. The second-order valence-electron chi connectivity index (χ2n) is 11.3. The molecule has 194 valence electrons. The molecule has 1 spiro atoms. The first kappa shape index (κ1) is 25.3. The van der Waals surface area contributed by atoms with Gasteiger partial charge in [-0.05, 0) is 69.7 Å². The first-order valence-electron chi connectivity index (χ1n) is 13.4. The minimum Gasteiger partial charge on any atom is -0.317 e. The van der Waals surface area contributed by atoms with Crippen LogP contribution in [0.25, 0.3) is 0 Å². The Hall–Kier alpha value is -3.31. The van der Waals surface area contributed by atoms with Gasteiger partial charge in [-0.1, -0.05) is 36.8 Å². The summed E-state index contributed by atoms with van der Waals surface area (Å²) in [5, 5.41) is 8.89. The van der Waals surface area contributed by atoms with Crippen LogP contribution in [0.5, 0.6) is 0 Å². The van der Waals surface area contributed by atoms with Crippen molar-refractivity contribution in [3.63, 3.8) is 0 Å². The molecule has 8 heteroatoms. The van der Waals surface area contributed by atoms with Crippen molar-refractivity contribution in [3.8, 4) is 6.07 Å². The van der Waals surface area contributed by atoms with Crippen LogP contribution >= 0.6 is 0 Å². The summed E-state index contributed by atoms with van der Waals surface area (Å²) < 4.78 is 0. The Morgan fingerprint density at radius 2 is 1.78 bits per heavy atom. The van der Waals surface area contributed by atoms with E-state index in [2.05, 4.69) is 64.2 Å². The molecule has 2 amide bonds. The molecule has 0 atom stereocenters. The van der Waals surface area contributed by atoms with E-state index in [1.165, 1.54) is 37.2 Å². The predicted molar refractivity (Wildman–Crippen MR) is 139 cm³/mol. The summed E-state index contributed by atoms with van der Waals surface area (Å²) in [6.07, 6.45) is 10.6. The Labute approximate surface area is 219 Å². The van der Waals surface area contributed by atoms with Gasteiger partial charge in [0.1, 0.15) is 6.07 Å². The van der Waals surface area contributed by atoms with Crippen LogP contribution in [0.4, 0.5) is 4.79 Å². The van der Waals surface area contributed by atoms with Gasteiger partial charge < -0.3 is 9.80 Å². The highest BCUT2D eigenvalue weighted by Gasteiger charge is 2.55. The summed E-state index contributed by atoms with van der Waals surface area (Å²) in [5.41, 5.74) is 1.73. The molecule has 0 unspecified atom stereocenters. The van der Waals surface area contributed by atoms with Crippen LogP contribution in [-0.2, 0) is 16.8 Å². The zero-order valence-electron chi connectivity index (χ0n) is 21.9. The second-order valence-corrected chi connectivity index (χ2v) is 11.3. The van der Waals surface area contributed by atoms with Crippen LogP contribution in [0.1, 0.15) is 61.9 Å². The third-order valence-electron chi connectivity index (χ3n) is 8.97. The van der Waals surface area contributed by atoms with Crippen molar-refractivity contribution in [3.05, 3.63) is 59.7 Å². The maximum atomic E-state index is 13.7. The number of aromatic nitrogens is 2. The van der Waals surface area contributed by atoms with Crippen molar-refractivity contribution in [1.82, 2.24) is 24.7 Å². The van der Waals surface area contributed by atoms with E-state index in [9.17, 15) is 9.59 Å². The molecule has 8 nitrogen and oxygen atoms in total. The molecule has 0 N–H and O–H groups in total. The van der Waals surface area contributed by atoms with E-state index in [-0.39, 0.29) is 41.7 Å². The number of rotatable bonds is 8. The first-order chi connectivity index (χ1) is 17.8. The fraction of sp³-hybridized carbons (Fsp3) is 0.552. The number of amides is 2. The van der Waals surface area contributed by atoms with E-state index in [1.54, 1.807) is 4.90 Å². The number of hydrogen-bond donors (Lipinski definition) is 0. The molecule has 1 aliphatic heterocycles. The lowest BCUT2D eigenvalue weighted by Gasteiger charge is -2.51. The maximum absolute atomic E-state index is 13.7. The lowest BCUT2D eigenvalue weighted by Crippen LogP contribution is -2.56. The highest BCUT2D eigenvalue weighted by Crippen LogP contribution is 2.49. The van der Waals surface area contributed by atoms with Crippen LogP contribution in [0.3, 0.4) is 0 Å². The number of urea groups is 1. The van der Waals surface area contributed by atoms with Gasteiger partial charge in [-0.2, -0.15) is 5.26 Å². The van der Waals surface area contributed by atoms with E-state index in [0.717, 1.165) is 32.2 Å². The Bertz CT molecular complexity index is 1160. The predicted octanol–water partition coefficient (Wildman–Crippen LogP) is 3.77. The van der Waals surface area contributed by atoms with Gasteiger partial charge in [0.2, 0.25) is 5.82 Å². The van der Waals surface area contributed by atoms with Gasteiger partial charge in [-0.15, -0.1) is 0 Å². The largest absolute Gasteiger partial charge is 0.321 e. The van der Waals surface area contributed by atoms with Crippen LogP contribution in [0.2, 0.25) is 0 Å². The molecule has 2 aliphatic carbocycles. The lowest BCUT2D eigenvalue weighted by atomic mass is 9.68. The highest BCUT2D eigenvalue weighted by molar-refractivity contribution is 5.88. The number of ketones is 1. The van der Waals surface area contributed by atoms with Gasteiger partial charge >= 0.3 is 6.03 Å². The lowest BCUT2D eigenvalue weighted by molar-refractivity contribution is -0.119. The van der Waals surface area contributed by atoms with Crippen molar-refractivity contribution in [1.29, 1.82) is 5.26 Å². The summed E-state index contributed by atoms with van der Waals surface area (Å²) >= 11 is 0. The molecular formula is C29H36N6O2. The molecule has 37 heavy (non-hydrogen) atoms. The zero-order chi connectivity index (χ0) is 26.0. The summed E-state index contributed by atoms with van der Waals surface area (Å²) in [6, 6.07) is 12.6. The van der Waals surface area contributed by atoms with Gasteiger partial charge in [-0.3, -0.25) is 9.69 Å². The summed E-state index contributed by atoms with van der Waals surface area (Å²) in [5.74, 6) is 0.619. The number of nitrogens with zero attached hydrogens (tertiary/aromatic N) is 6. The molecule has 1 aromatic carbocycles. The number of hydrogen-bond acceptors (Lipinski definition) is 6. The average Bonchev–Trinajstić information content (AvgIpc) is 3.12. The van der Waals surface area contributed by atoms with Crippen molar-refractivity contribution < 1.29 is 9.59 Å². The van der Waals surface area contributed by atoms with E-state index >= 15 is 0 Å². The quantitative estimate of drug-likeness (QED) is 0.548. The minimum atomic E-state index is -0.223. The van der Waals surface area contributed by atoms with Crippen LogP contribution in [-0.4, -0.2) is 75.8 Å². The smallest absolute Gasteiger partial charge is 0.317 e. The Morgan fingerprint density at radius 1 is 1.11 bits per heavy atom. The summed E-state index contributed by atoms with van der Waals surface area (Å²) in [6.45, 7) is 1.50. The molecule has 3 fully saturated rings. The molecule has 1 saturated heterocycles. The summed E-state index contributed by atoms with van der Waals surface area (Å²) in [7, 11) is 4.32. The Balaban J connectivity index is 1.33. The topological polar surface area (TPSA) is 93.4 Å². The van der Waals surface area contributed by atoms with Crippen molar-refractivity contribution in [2.24, 2.45) is 5.92 Å². The number of carbonyl (C=O) groups is 2. The molecule has 0 radical (unpaired) electrons. The number of Topliss-reactive ketones (excluding diaryl/α,β-unsaturated/α-hetero) is 1. The Morgan fingerprint density at radius 3 is 2.35 bits per heavy atom. The van der Waals surface area contributed by atoms with Gasteiger partial charge in [-0.25, -0.2) is 14.8 Å². The van der Waals surface area contributed by atoms with Crippen LogP contribution in [0.15, 0.2) is 42.7 Å². The van der Waals surface area contributed by atoms with Crippen LogP contribution < -0.4 is 0 Å². The van der Waals surface area contributed by atoms with Crippen LogP contribution in [0, 0.1) is 17.2 Å². The summed E-state index contributed by atoms with van der Waals surface area (Å²) in [4.78, 5) is 40.9. The van der Waals surface area contributed by atoms with Crippen molar-refractivity contribution >= 4 is 11.8 Å². The van der Waals surface area contributed by atoms with E-state index in [0.29, 0.717) is 18.0 Å². The number of carbonyl (C=O) groups excluding carboxylic acids is 2. The molecular weight excluding hydrogens is 464 g/mol. The molecule has 3 aliphatic rings. The fourth-order valence-electron chi connectivity index (χ4n) is 6.51. The third-order valence-corrected chi connectivity index (χ3v) is 8.97. The molecule has 2 heterocycles. The maximum Gasteiger partial charge on any atom is 0.321 e. The van der Waals surface area contributed by atoms with Gasteiger partial charge in [0.15, 0.2) is 5.78 Å². The Kier molecular flexibility index (Phi) is 7.00. The van der Waals surface area contributed by atoms with Gasteiger partial charge in [0.25, 0.3) is 0 Å². The normalized spacial score (nSPS) is 25.9. The first-order valence-corrected chi connectivity index (χ1v) is 13.4. The second kappa shape index (κ2) is 10.2. The standard InChI is InChI=1S/C29H36N6O2/c1-33(2)29(24-9-4-3-5-10-24)13-11-28(12-14-29)21-34(27(37)35(28)19-22-7-6-8-22)20-25(36)15-23-17-31-26(16-30)32-18-23/h3-5,9-10,17-18,22H,6-8,11-15,19-21H2,1-2H3. The van der Waals surface area contributed by atoms with Gasteiger partial charge in [0.05, 0.1) is 12.1 Å². The monoisotopic (exact) mass is 500 g/mol. The molecule has 2 saturated carbocycles.